The summed E-state index contributed by atoms with van der Waals surface area (Å²) in [6, 6.07) is 5.88. The summed E-state index contributed by atoms with van der Waals surface area (Å²) >= 11 is 5.77. The minimum atomic E-state index is -4.41. The fourth-order valence-corrected chi connectivity index (χ4v) is 4.96. The molecule has 0 aromatic heterocycles. The van der Waals surface area contributed by atoms with Gasteiger partial charge in [0, 0.05) is 31.2 Å². The molecule has 0 aliphatic carbocycles. The summed E-state index contributed by atoms with van der Waals surface area (Å²) in [6.45, 7) is 4.33. The summed E-state index contributed by atoms with van der Waals surface area (Å²) in [5.41, 5.74) is 5.40. The molecule has 2 aromatic rings. The van der Waals surface area contributed by atoms with Gasteiger partial charge in [-0.3, -0.25) is 9.69 Å². The molecule has 1 fully saturated rings. The lowest BCUT2D eigenvalue weighted by atomic mass is 10.2. The molecule has 0 unspecified atom stereocenters. The molecule has 2 N–H and O–H groups in total. The average molecular weight is 472 g/mol. The van der Waals surface area contributed by atoms with Crippen LogP contribution in [0.2, 0.25) is 5.02 Å². The maximum absolute atomic E-state index is 14.6. The smallest absolute Gasteiger partial charge is 0.244 e. The highest BCUT2D eigenvalue weighted by atomic mass is 35.5. The van der Waals surface area contributed by atoms with Crippen LogP contribution in [0.15, 0.2) is 53.9 Å². The Labute approximate surface area is 183 Å². The van der Waals surface area contributed by atoms with Gasteiger partial charge >= 0.3 is 0 Å². The largest absolute Gasteiger partial charge is 0.451 e. The van der Waals surface area contributed by atoms with Crippen molar-refractivity contribution < 1.29 is 26.7 Å². The van der Waals surface area contributed by atoms with Crippen molar-refractivity contribution in [2.75, 3.05) is 26.2 Å². The normalized spacial score (nSPS) is 18.0. The number of nitrogens with zero attached hydrogens (tertiary/aromatic N) is 2. The number of amides is 1. The molecule has 1 aliphatic rings. The minimum Gasteiger partial charge on any atom is -0.451 e. The number of halogens is 3. The van der Waals surface area contributed by atoms with E-state index in [1.165, 1.54) is 24.3 Å². The SMILES string of the molecule is C=CCN1CCN(S(=O)(=O)c2cc(F)c(Oc3ccc(Cl)cc3)c(F)c2)[C@@H](C(N)=O)C1. The second-order valence-corrected chi connectivity index (χ2v) is 9.18. The van der Waals surface area contributed by atoms with E-state index < -0.39 is 44.3 Å². The monoisotopic (exact) mass is 471 g/mol. The lowest BCUT2D eigenvalue weighted by Crippen LogP contribution is -2.59. The first-order valence-electron chi connectivity index (χ1n) is 9.20. The maximum atomic E-state index is 14.6. The number of rotatable bonds is 7. The van der Waals surface area contributed by atoms with E-state index in [0.29, 0.717) is 30.2 Å². The van der Waals surface area contributed by atoms with E-state index in [2.05, 4.69) is 6.58 Å². The van der Waals surface area contributed by atoms with Gasteiger partial charge < -0.3 is 10.5 Å². The van der Waals surface area contributed by atoms with Gasteiger partial charge in [0.25, 0.3) is 0 Å². The second-order valence-electron chi connectivity index (χ2n) is 6.85. The molecule has 0 spiro atoms. The number of benzene rings is 2. The van der Waals surface area contributed by atoms with Crippen LogP contribution in [0.25, 0.3) is 0 Å². The lowest BCUT2D eigenvalue weighted by molar-refractivity contribution is -0.123. The van der Waals surface area contributed by atoms with Gasteiger partial charge in [-0.15, -0.1) is 6.58 Å². The molecule has 1 heterocycles. The third kappa shape index (κ3) is 5.04. The summed E-state index contributed by atoms with van der Waals surface area (Å²) in [6.07, 6.45) is 1.62. The molecular formula is C20H20ClF2N3O4S. The molecule has 1 saturated heterocycles. The van der Waals surface area contributed by atoms with Crippen LogP contribution in [0.4, 0.5) is 8.78 Å². The highest BCUT2D eigenvalue weighted by Gasteiger charge is 2.39. The molecule has 3 rings (SSSR count). The van der Waals surface area contributed by atoms with Crippen LogP contribution in [-0.2, 0) is 14.8 Å². The van der Waals surface area contributed by atoms with Crippen LogP contribution in [0.3, 0.4) is 0 Å². The Morgan fingerprint density at radius 1 is 1.23 bits per heavy atom. The van der Waals surface area contributed by atoms with Crippen molar-refractivity contribution in [3.8, 4) is 11.5 Å². The minimum absolute atomic E-state index is 0.0449. The Morgan fingerprint density at radius 3 is 2.39 bits per heavy atom. The molecule has 0 radical (unpaired) electrons. The highest BCUT2D eigenvalue weighted by Crippen LogP contribution is 2.32. The Hall–Kier alpha value is -2.53. The first-order chi connectivity index (χ1) is 14.6. The number of carbonyl (C=O) groups is 1. The molecule has 166 valence electrons. The van der Waals surface area contributed by atoms with Gasteiger partial charge in [0.05, 0.1) is 4.90 Å². The molecule has 1 atom stereocenters. The summed E-state index contributed by atoms with van der Waals surface area (Å²) in [7, 11) is -4.41. The average Bonchev–Trinajstić information content (AvgIpc) is 2.72. The van der Waals surface area contributed by atoms with Crippen LogP contribution < -0.4 is 10.5 Å². The van der Waals surface area contributed by atoms with Crippen LogP contribution in [-0.4, -0.2) is 55.8 Å². The van der Waals surface area contributed by atoms with Crippen molar-refractivity contribution in [1.29, 1.82) is 0 Å². The third-order valence-electron chi connectivity index (χ3n) is 4.74. The first-order valence-corrected chi connectivity index (χ1v) is 11.0. The van der Waals surface area contributed by atoms with Gasteiger partial charge in [0.1, 0.15) is 11.8 Å². The van der Waals surface area contributed by atoms with Crippen LogP contribution in [0.5, 0.6) is 11.5 Å². The van der Waals surface area contributed by atoms with Crippen molar-refractivity contribution >= 4 is 27.5 Å². The number of hydrogen-bond donors (Lipinski definition) is 1. The summed E-state index contributed by atoms with van der Waals surface area (Å²) in [5.74, 6) is -3.93. The third-order valence-corrected chi connectivity index (χ3v) is 6.88. The van der Waals surface area contributed by atoms with Crippen molar-refractivity contribution in [2.24, 2.45) is 5.73 Å². The van der Waals surface area contributed by atoms with Gasteiger partial charge in [-0.05, 0) is 36.4 Å². The maximum Gasteiger partial charge on any atom is 0.244 e. The molecule has 0 saturated carbocycles. The standard InChI is InChI=1S/C20H20ClF2N3O4S/c1-2-7-25-8-9-26(18(12-25)20(24)27)31(28,29)15-10-16(22)19(17(23)11-15)30-14-5-3-13(21)4-6-14/h2-6,10-11,18H,1,7-9,12H2,(H2,24,27)/t18-/m1/s1. The Kier molecular flexibility index (Phi) is 6.95. The number of hydrogen-bond acceptors (Lipinski definition) is 5. The predicted molar refractivity (Wildman–Crippen MR) is 111 cm³/mol. The quantitative estimate of drug-likeness (QED) is 0.627. The van der Waals surface area contributed by atoms with Crippen molar-refractivity contribution in [2.45, 2.75) is 10.9 Å². The van der Waals surface area contributed by atoms with Crippen molar-refractivity contribution in [3.05, 3.63) is 65.7 Å². The summed E-state index contributed by atoms with van der Waals surface area (Å²) < 4.78 is 61.4. The second kappa shape index (κ2) is 9.31. The molecule has 1 aliphatic heterocycles. The van der Waals surface area contributed by atoms with Gasteiger partial charge in [0.15, 0.2) is 17.4 Å². The van der Waals surface area contributed by atoms with E-state index in [1.807, 2.05) is 0 Å². The van der Waals surface area contributed by atoms with E-state index in [-0.39, 0.29) is 18.8 Å². The molecule has 0 bridgehead atoms. The van der Waals surface area contributed by atoms with Crippen LogP contribution in [0.1, 0.15) is 0 Å². The fraction of sp³-hybridized carbons (Fsp3) is 0.250. The lowest BCUT2D eigenvalue weighted by Gasteiger charge is -2.38. The Bertz CT molecular complexity index is 1070. The Morgan fingerprint density at radius 2 is 1.84 bits per heavy atom. The number of carbonyl (C=O) groups excluding carboxylic acids is 1. The zero-order valence-electron chi connectivity index (χ0n) is 16.3. The van der Waals surface area contributed by atoms with E-state index in [4.69, 9.17) is 22.1 Å². The molecular weight excluding hydrogens is 452 g/mol. The number of primary amides is 1. The summed E-state index contributed by atoms with van der Waals surface area (Å²) in [5, 5.41) is 0.409. The molecule has 11 heteroatoms. The van der Waals surface area contributed by atoms with Gasteiger partial charge in [0.2, 0.25) is 15.9 Å². The molecule has 7 nitrogen and oxygen atoms in total. The highest BCUT2D eigenvalue weighted by molar-refractivity contribution is 7.89. The molecule has 31 heavy (non-hydrogen) atoms. The van der Waals surface area contributed by atoms with Crippen molar-refractivity contribution in [1.82, 2.24) is 9.21 Å². The van der Waals surface area contributed by atoms with Gasteiger partial charge in [-0.2, -0.15) is 4.31 Å². The first kappa shape index (κ1) is 23.1. The van der Waals surface area contributed by atoms with E-state index in [1.54, 1.807) is 11.0 Å². The van der Waals surface area contributed by atoms with Crippen LogP contribution >= 0.6 is 11.6 Å². The number of nitrogens with two attached hydrogens (primary N) is 1. The van der Waals surface area contributed by atoms with Crippen LogP contribution in [0, 0.1) is 11.6 Å². The van der Waals surface area contributed by atoms with Gasteiger partial charge in [-0.25, -0.2) is 17.2 Å². The predicted octanol–water partition coefficient (Wildman–Crippen LogP) is 2.76. The van der Waals surface area contributed by atoms with E-state index in [9.17, 15) is 22.0 Å². The fourth-order valence-electron chi connectivity index (χ4n) is 3.23. The number of sulfonamides is 1. The van der Waals surface area contributed by atoms with Gasteiger partial charge in [-0.1, -0.05) is 17.7 Å². The zero-order valence-corrected chi connectivity index (χ0v) is 17.9. The zero-order chi connectivity index (χ0) is 22.8. The number of piperazine rings is 1. The topological polar surface area (TPSA) is 92.9 Å². The molecule has 1 amide bonds. The molecule has 2 aromatic carbocycles. The Balaban J connectivity index is 1.91. The van der Waals surface area contributed by atoms with E-state index >= 15 is 0 Å². The summed E-state index contributed by atoms with van der Waals surface area (Å²) in [4.78, 5) is 13.1. The van der Waals surface area contributed by atoms with Crippen molar-refractivity contribution in [3.63, 3.8) is 0 Å². The van der Waals surface area contributed by atoms with E-state index in [0.717, 1.165) is 4.31 Å². The number of ether oxygens (including phenoxy) is 1.